The molecule has 0 radical (unpaired) electrons. The van der Waals surface area contributed by atoms with Crippen molar-refractivity contribution in [3.05, 3.63) is 29.6 Å². The van der Waals surface area contributed by atoms with Crippen molar-refractivity contribution in [1.29, 1.82) is 0 Å². The van der Waals surface area contributed by atoms with E-state index in [4.69, 9.17) is 9.47 Å². The molecule has 0 aromatic heterocycles. The van der Waals surface area contributed by atoms with Crippen molar-refractivity contribution in [2.45, 2.75) is 0 Å². The lowest BCUT2D eigenvalue weighted by atomic mass is 10.2. The lowest BCUT2D eigenvalue weighted by molar-refractivity contribution is 0.0692. The molecule has 0 fully saturated rings. The van der Waals surface area contributed by atoms with E-state index in [1.165, 1.54) is 0 Å². The molecule has 1 aromatic carbocycles. The second-order valence-corrected chi connectivity index (χ2v) is 3.52. The summed E-state index contributed by atoms with van der Waals surface area (Å²) < 4.78 is 22.8. The Morgan fingerprint density at radius 2 is 2.17 bits per heavy atom. The van der Waals surface area contributed by atoms with Gasteiger partial charge in [0.2, 0.25) is 0 Å². The number of benzene rings is 1. The molecular formula is C12H16FNO4. The normalized spacial score (nSPS) is 10.3. The second-order valence-electron chi connectivity index (χ2n) is 3.52. The van der Waals surface area contributed by atoms with E-state index in [0.29, 0.717) is 19.8 Å². The van der Waals surface area contributed by atoms with Crippen LogP contribution in [0.4, 0.5) is 4.39 Å². The molecule has 6 heteroatoms. The summed E-state index contributed by atoms with van der Waals surface area (Å²) in [6.07, 6.45) is 0. The van der Waals surface area contributed by atoms with Crippen LogP contribution in [0, 0.1) is 5.82 Å². The highest BCUT2D eigenvalue weighted by Gasteiger charge is 2.11. The number of phenolic OH excluding ortho intramolecular Hbond substituents is 1. The first kappa shape index (κ1) is 14.4. The Morgan fingerprint density at radius 3 is 2.89 bits per heavy atom. The lowest BCUT2D eigenvalue weighted by Gasteiger charge is -2.07. The SMILES string of the molecule is COCCOCCNC(=O)c1cc(F)ccc1O. The van der Waals surface area contributed by atoms with Crippen LogP contribution in [0.2, 0.25) is 0 Å². The van der Waals surface area contributed by atoms with Gasteiger partial charge in [0.25, 0.3) is 5.91 Å². The molecule has 0 heterocycles. The van der Waals surface area contributed by atoms with E-state index in [1.807, 2.05) is 0 Å². The number of methoxy groups -OCH3 is 1. The zero-order valence-electron chi connectivity index (χ0n) is 10.1. The van der Waals surface area contributed by atoms with Crippen molar-refractivity contribution in [2.24, 2.45) is 0 Å². The Hall–Kier alpha value is -1.66. The van der Waals surface area contributed by atoms with E-state index in [-0.39, 0.29) is 17.9 Å². The molecule has 18 heavy (non-hydrogen) atoms. The van der Waals surface area contributed by atoms with Crippen LogP contribution < -0.4 is 5.32 Å². The van der Waals surface area contributed by atoms with Crippen molar-refractivity contribution >= 4 is 5.91 Å². The maximum atomic E-state index is 12.9. The van der Waals surface area contributed by atoms with Crippen LogP contribution in [0.3, 0.4) is 0 Å². The smallest absolute Gasteiger partial charge is 0.255 e. The molecule has 0 aliphatic heterocycles. The summed E-state index contributed by atoms with van der Waals surface area (Å²) in [5.41, 5.74) is -0.0908. The lowest BCUT2D eigenvalue weighted by Crippen LogP contribution is -2.27. The van der Waals surface area contributed by atoms with E-state index in [9.17, 15) is 14.3 Å². The van der Waals surface area contributed by atoms with Gasteiger partial charge in [0.1, 0.15) is 11.6 Å². The van der Waals surface area contributed by atoms with Crippen LogP contribution in [0.5, 0.6) is 5.75 Å². The van der Waals surface area contributed by atoms with Gasteiger partial charge >= 0.3 is 0 Å². The Bertz CT molecular complexity index is 398. The average molecular weight is 257 g/mol. The molecule has 2 N–H and O–H groups in total. The molecule has 0 atom stereocenters. The standard InChI is InChI=1S/C12H16FNO4/c1-17-6-7-18-5-4-14-12(16)10-8-9(13)2-3-11(10)15/h2-3,8,15H,4-7H2,1H3,(H,14,16). The maximum Gasteiger partial charge on any atom is 0.255 e. The summed E-state index contributed by atoms with van der Waals surface area (Å²) >= 11 is 0. The molecule has 0 bridgehead atoms. The first-order valence-corrected chi connectivity index (χ1v) is 5.48. The van der Waals surface area contributed by atoms with Crippen LogP contribution in [0.15, 0.2) is 18.2 Å². The van der Waals surface area contributed by atoms with Gasteiger partial charge in [-0.15, -0.1) is 0 Å². The highest BCUT2D eigenvalue weighted by Crippen LogP contribution is 2.17. The summed E-state index contributed by atoms with van der Waals surface area (Å²) in [6, 6.07) is 3.20. The van der Waals surface area contributed by atoms with E-state index in [0.717, 1.165) is 18.2 Å². The van der Waals surface area contributed by atoms with Crippen LogP contribution in [0.25, 0.3) is 0 Å². The maximum absolute atomic E-state index is 12.9. The Morgan fingerprint density at radius 1 is 1.39 bits per heavy atom. The zero-order valence-corrected chi connectivity index (χ0v) is 10.1. The van der Waals surface area contributed by atoms with Gasteiger partial charge in [-0.2, -0.15) is 0 Å². The minimum atomic E-state index is -0.575. The molecule has 1 aromatic rings. The van der Waals surface area contributed by atoms with Crippen LogP contribution in [-0.2, 0) is 9.47 Å². The minimum absolute atomic E-state index is 0.0908. The molecule has 100 valence electrons. The second kappa shape index (κ2) is 7.62. The number of ether oxygens (including phenoxy) is 2. The van der Waals surface area contributed by atoms with Gasteiger partial charge in [0.15, 0.2) is 0 Å². The van der Waals surface area contributed by atoms with Gasteiger partial charge in [0, 0.05) is 13.7 Å². The predicted molar refractivity (Wildman–Crippen MR) is 63.1 cm³/mol. The van der Waals surface area contributed by atoms with Crippen molar-refractivity contribution in [2.75, 3.05) is 33.5 Å². The van der Waals surface area contributed by atoms with Crippen LogP contribution in [-0.4, -0.2) is 44.5 Å². The minimum Gasteiger partial charge on any atom is -0.507 e. The van der Waals surface area contributed by atoms with Crippen LogP contribution >= 0.6 is 0 Å². The quantitative estimate of drug-likeness (QED) is 0.713. The number of phenols is 1. The Kier molecular flexibility index (Phi) is 6.10. The molecule has 0 saturated heterocycles. The molecule has 0 aliphatic rings. The summed E-state index contributed by atoms with van der Waals surface area (Å²) in [5, 5.41) is 11.9. The van der Waals surface area contributed by atoms with Gasteiger partial charge in [-0.3, -0.25) is 4.79 Å². The largest absolute Gasteiger partial charge is 0.507 e. The number of aromatic hydroxyl groups is 1. The third-order valence-corrected chi connectivity index (χ3v) is 2.17. The van der Waals surface area contributed by atoms with Gasteiger partial charge in [-0.05, 0) is 18.2 Å². The summed E-state index contributed by atoms with van der Waals surface area (Å²) in [4.78, 5) is 11.6. The van der Waals surface area contributed by atoms with E-state index >= 15 is 0 Å². The number of hydrogen-bond acceptors (Lipinski definition) is 4. The number of rotatable bonds is 7. The molecule has 0 saturated carbocycles. The fourth-order valence-electron chi connectivity index (χ4n) is 1.27. The van der Waals surface area contributed by atoms with Crippen molar-refractivity contribution in [3.8, 4) is 5.75 Å². The highest BCUT2D eigenvalue weighted by molar-refractivity contribution is 5.96. The number of hydrogen-bond donors (Lipinski definition) is 2. The first-order chi connectivity index (χ1) is 8.65. The zero-order chi connectivity index (χ0) is 13.4. The summed E-state index contributed by atoms with van der Waals surface area (Å²) in [5.74, 6) is -1.37. The highest BCUT2D eigenvalue weighted by atomic mass is 19.1. The Balaban J connectivity index is 2.34. The fourth-order valence-corrected chi connectivity index (χ4v) is 1.27. The van der Waals surface area contributed by atoms with E-state index in [2.05, 4.69) is 5.32 Å². The molecule has 1 rings (SSSR count). The van der Waals surface area contributed by atoms with Gasteiger partial charge < -0.3 is 19.9 Å². The van der Waals surface area contributed by atoms with E-state index < -0.39 is 11.7 Å². The monoisotopic (exact) mass is 257 g/mol. The Labute approximate surface area is 105 Å². The summed E-state index contributed by atoms with van der Waals surface area (Å²) in [6.45, 7) is 1.53. The molecule has 0 aliphatic carbocycles. The van der Waals surface area contributed by atoms with Gasteiger partial charge in [-0.25, -0.2) is 4.39 Å². The van der Waals surface area contributed by atoms with E-state index in [1.54, 1.807) is 7.11 Å². The van der Waals surface area contributed by atoms with Crippen molar-refractivity contribution < 1.29 is 23.8 Å². The average Bonchev–Trinajstić information content (AvgIpc) is 2.36. The van der Waals surface area contributed by atoms with Crippen LogP contribution in [0.1, 0.15) is 10.4 Å². The molecule has 1 amide bonds. The third-order valence-electron chi connectivity index (χ3n) is 2.17. The number of amides is 1. The van der Waals surface area contributed by atoms with Gasteiger partial charge in [-0.1, -0.05) is 0 Å². The topological polar surface area (TPSA) is 67.8 Å². The number of carbonyl (C=O) groups is 1. The molecule has 0 unspecified atom stereocenters. The predicted octanol–water partition coefficient (Wildman–Crippen LogP) is 0.924. The number of nitrogens with one attached hydrogen (secondary N) is 1. The number of carbonyl (C=O) groups excluding carboxylic acids is 1. The molecule has 5 nitrogen and oxygen atoms in total. The number of halogens is 1. The fraction of sp³-hybridized carbons (Fsp3) is 0.417. The molecular weight excluding hydrogens is 241 g/mol. The molecule has 0 spiro atoms. The first-order valence-electron chi connectivity index (χ1n) is 5.48. The van der Waals surface area contributed by atoms with Crippen molar-refractivity contribution in [1.82, 2.24) is 5.32 Å². The third kappa shape index (κ3) is 4.68. The van der Waals surface area contributed by atoms with Crippen molar-refractivity contribution in [3.63, 3.8) is 0 Å². The summed E-state index contributed by atoms with van der Waals surface area (Å²) in [7, 11) is 1.57. The van der Waals surface area contributed by atoms with Gasteiger partial charge in [0.05, 0.1) is 25.4 Å².